The fourth-order valence-corrected chi connectivity index (χ4v) is 7.34. The van der Waals surface area contributed by atoms with Gasteiger partial charge in [-0.25, -0.2) is 9.59 Å². The van der Waals surface area contributed by atoms with Crippen molar-refractivity contribution in [3.8, 4) is 39.9 Å². The van der Waals surface area contributed by atoms with Crippen LogP contribution in [0.4, 0.5) is 0 Å². The van der Waals surface area contributed by atoms with Gasteiger partial charge in [-0.2, -0.15) is 0 Å². The maximum Gasteiger partial charge on any atom is 0.338 e. The number of carbonyl (C=O) groups excluding carboxylic acids is 2. The van der Waals surface area contributed by atoms with Crippen LogP contribution in [0.25, 0.3) is 11.1 Å². The minimum atomic E-state index is -0.346. The summed E-state index contributed by atoms with van der Waals surface area (Å²) < 4.78 is 70.2. The van der Waals surface area contributed by atoms with Crippen molar-refractivity contribution in [2.45, 2.75) is 275 Å². The van der Waals surface area contributed by atoms with Crippen molar-refractivity contribution >= 4 is 11.9 Å². The highest BCUT2D eigenvalue weighted by molar-refractivity contribution is 5.90. The second kappa shape index (κ2) is 83.1. The van der Waals surface area contributed by atoms with E-state index in [1.165, 1.54) is 23.8 Å². The first-order chi connectivity index (χ1) is 45.8. The molecule has 0 saturated carbocycles. The van der Waals surface area contributed by atoms with Crippen LogP contribution in [-0.4, -0.2) is 135 Å². The third-order valence-electron chi connectivity index (χ3n) is 14.3. The molecule has 0 aromatic heterocycles. The molecule has 0 aliphatic rings. The maximum absolute atomic E-state index is 11.4. The molecule has 0 spiro atoms. The minimum absolute atomic E-state index is 0. The van der Waals surface area contributed by atoms with Gasteiger partial charge in [0.25, 0.3) is 0 Å². The van der Waals surface area contributed by atoms with E-state index in [4.69, 9.17) is 56.8 Å². The van der Waals surface area contributed by atoms with E-state index in [1.54, 1.807) is 55.5 Å². The van der Waals surface area contributed by atoms with Crippen molar-refractivity contribution in [2.24, 2.45) is 5.92 Å². The number of ether oxygens (including phenoxy) is 13. The molecule has 0 aliphatic carbocycles. The number of carbonyl (C=O) groups is 2. The molecule has 0 saturated heterocycles. The summed E-state index contributed by atoms with van der Waals surface area (Å²) in [4.78, 5) is 22.7. The van der Waals surface area contributed by atoms with Crippen LogP contribution < -0.4 is 23.7 Å². The number of aryl methyl sites for hydroxylation is 1. The zero-order chi connectivity index (χ0) is 70.3. The Morgan fingerprint density at radius 3 is 0.804 bits per heavy atom. The molecule has 0 heterocycles. The highest BCUT2D eigenvalue weighted by atomic mass is 16.6. The lowest BCUT2D eigenvalue weighted by Crippen LogP contribution is -2.13. The predicted molar refractivity (Wildman–Crippen MR) is 467 cm³/mol. The first-order valence-corrected chi connectivity index (χ1v) is 34.4. The molecule has 6 aromatic carbocycles. The molecular formula is C92H168O15. The SMILES string of the molecule is C.C.C.C.C.C.C.C.C.C.C.C.CCC(C)OCC(C)C.CCC(C)OCCOc1ccc(-c2ccccc2)cc1.CCC(C)OCCOc1ccc(C(=O)OC)cc1.CCC(C)OCCOc1ccc(C)cc1.CCC(C)OCCOc1ccccc1.CCOC(=O)c1ccc(OCCOC(C)CC)cc1. The van der Waals surface area contributed by atoms with Crippen molar-refractivity contribution in [1.29, 1.82) is 0 Å². The van der Waals surface area contributed by atoms with Crippen LogP contribution in [0, 0.1) is 12.8 Å². The summed E-state index contributed by atoms with van der Waals surface area (Å²) in [7, 11) is 1.36. The van der Waals surface area contributed by atoms with E-state index in [0.29, 0.717) is 114 Å². The summed E-state index contributed by atoms with van der Waals surface area (Å²) in [5.74, 6) is 4.15. The van der Waals surface area contributed by atoms with Crippen molar-refractivity contribution < 1.29 is 71.2 Å². The Labute approximate surface area is 661 Å². The lowest BCUT2D eigenvalue weighted by atomic mass is 10.1. The molecule has 15 heteroatoms. The quantitative estimate of drug-likeness (QED) is 0.0266. The maximum atomic E-state index is 11.4. The minimum Gasteiger partial charge on any atom is -0.491 e. The van der Waals surface area contributed by atoms with E-state index < -0.39 is 0 Å². The fraction of sp³-hybridized carbons (Fsp3) is 0.587. The van der Waals surface area contributed by atoms with Gasteiger partial charge < -0.3 is 61.6 Å². The normalized spacial score (nSPS) is 11.0. The second-order valence-electron chi connectivity index (χ2n) is 22.9. The third-order valence-corrected chi connectivity index (χ3v) is 14.3. The standard InChI is InChI=1S/C18H22O2.C15H22O4.C14H20O4.C13H20O2.C12H18O2.C8H18O.12CH4/c1-3-15(2)19-13-14-20-18-11-9-17(10-12-18)16-7-5-4-6-8-16;1-4-12(3)18-10-11-19-14-8-6-13(7-9-14)15(16)17-5-2;1-4-11(2)17-9-10-18-13-7-5-12(6-8-13)14(15)16-3;1-4-12(3)14-9-10-15-13-7-5-11(2)6-8-13;1-3-11(2)13-9-10-14-12-7-5-4-6-8-12;1-5-8(4)9-6-7(2)3;;;;;;;;;;;;/h4-12,15H,3,13-14H2,1-2H3;6-9,12H,4-5,10-11H2,1-3H3;5-8,11H,4,9-10H2,1-3H3;5-8,12H,4,9-10H2,1-3H3;4-8,11H,3,9-10H2,1-2H3;7-8H,5-6H2,1-4H3;12*1H4. The molecule has 6 rings (SSSR count). The molecule has 15 nitrogen and oxygen atoms in total. The summed E-state index contributed by atoms with van der Waals surface area (Å²) in [6, 6.07) is 50.1. The lowest BCUT2D eigenvalue weighted by Gasteiger charge is -2.11. The van der Waals surface area contributed by atoms with Gasteiger partial charge in [0, 0.05) is 6.61 Å². The van der Waals surface area contributed by atoms with E-state index in [1.807, 2.05) is 98.8 Å². The van der Waals surface area contributed by atoms with Crippen LogP contribution in [0.15, 0.2) is 158 Å². The smallest absolute Gasteiger partial charge is 0.338 e. The number of esters is 2. The lowest BCUT2D eigenvalue weighted by molar-refractivity contribution is 0.0426. The Balaban J connectivity index is -0.000000100. The van der Waals surface area contributed by atoms with Crippen molar-refractivity contribution in [1.82, 2.24) is 0 Å². The van der Waals surface area contributed by atoms with Gasteiger partial charge in [-0.1, -0.05) is 223 Å². The van der Waals surface area contributed by atoms with Gasteiger partial charge in [-0.3, -0.25) is 0 Å². The molecular weight excluding hydrogens is 1340 g/mol. The molecule has 626 valence electrons. The summed E-state index contributed by atoms with van der Waals surface area (Å²) in [6.45, 7) is 40.4. The topological polar surface area (TPSA) is 154 Å². The largest absolute Gasteiger partial charge is 0.491 e. The summed E-state index contributed by atoms with van der Waals surface area (Å²) in [6.07, 6.45) is 8.15. The molecule has 6 aromatic rings. The van der Waals surface area contributed by atoms with E-state index in [9.17, 15) is 9.59 Å². The van der Waals surface area contributed by atoms with Gasteiger partial charge in [-0.05, 0) is 196 Å². The predicted octanol–water partition coefficient (Wildman–Crippen LogP) is 26.4. The summed E-state index contributed by atoms with van der Waals surface area (Å²) in [5.41, 5.74) is 4.72. The first-order valence-electron chi connectivity index (χ1n) is 34.4. The van der Waals surface area contributed by atoms with Crippen molar-refractivity contribution in [3.05, 3.63) is 174 Å². The number of para-hydroxylation sites is 1. The zero-order valence-corrected chi connectivity index (χ0v) is 60.9. The third kappa shape index (κ3) is 66.9. The molecule has 0 radical (unpaired) electrons. The van der Waals surface area contributed by atoms with Gasteiger partial charge >= 0.3 is 11.9 Å². The van der Waals surface area contributed by atoms with Crippen LogP contribution in [0.1, 0.15) is 258 Å². The van der Waals surface area contributed by atoms with Gasteiger partial charge in [0.1, 0.15) is 61.8 Å². The van der Waals surface area contributed by atoms with Crippen LogP contribution in [-0.2, 0) is 37.9 Å². The van der Waals surface area contributed by atoms with E-state index in [0.717, 1.165) is 73.9 Å². The molecule has 107 heavy (non-hydrogen) atoms. The van der Waals surface area contributed by atoms with Gasteiger partial charge in [0.2, 0.25) is 0 Å². The number of benzene rings is 6. The molecule has 0 N–H and O–H groups in total. The second-order valence-corrected chi connectivity index (χ2v) is 22.9. The first kappa shape index (κ1) is 127. The van der Waals surface area contributed by atoms with Crippen LogP contribution in [0.2, 0.25) is 0 Å². The monoisotopic (exact) mass is 1510 g/mol. The van der Waals surface area contributed by atoms with Gasteiger partial charge in [0.05, 0.1) is 94.5 Å². The number of hydrogen-bond donors (Lipinski definition) is 0. The molecule has 6 unspecified atom stereocenters. The Morgan fingerprint density at radius 2 is 0.533 bits per heavy atom. The van der Waals surface area contributed by atoms with Crippen LogP contribution >= 0.6 is 0 Å². The van der Waals surface area contributed by atoms with E-state index in [2.05, 4.69) is 119 Å². The van der Waals surface area contributed by atoms with Crippen molar-refractivity contribution in [3.63, 3.8) is 0 Å². The fourth-order valence-electron chi connectivity index (χ4n) is 7.34. The van der Waals surface area contributed by atoms with Gasteiger partial charge in [-0.15, -0.1) is 0 Å². The molecule has 0 bridgehead atoms. The average Bonchev–Trinajstić information content (AvgIpc) is 0.880. The number of methoxy groups -OCH3 is 1. The molecule has 0 amide bonds. The van der Waals surface area contributed by atoms with E-state index >= 15 is 0 Å². The molecule has 0 fully saturated rings. The van der Waals surface area contributed by atoms with Crippen LogP contribution in [0.5, 0.6) is 28.7 Å². The number of rotatable bonds is 38. The Bertz CT molecular complexity index is 2710. The summed E-state index contributed by atoms with van der Waals surface area (Å²) in [5, 5.41) is 0. The Kier molecular flexibility index (Phi) is 98.3. The summed E-state index contributed by atoms with van der Waals surface area (Å²) >= 11 is 0. The van der Waals surface area contributed by atoms with Gasteiger partial charge in [0.15, 0.2) is 0 Å². The van der Waals surface area contributed by atoms with E-state index in [-0.39, 0.29) is 113 Å². The van der Waals surface area contributed by atoms with Crippen molar-refractivity contribution in [2.75, 3.05) is 86.4 Å². The zero-order valence-electron chi connectivity index (χ0n) is 60.9. The Hall–Kier alpha value is -6.98. The Morgan fingerprint density at radius 1 is 0.290 bits per heavy atom. The highest BCUT2D eigenvalue weighted by Gasteiger charge is 2.09. The highest BCUT2D eigenvalue weighted by Crippen LogP contribution is 2.22. The molecule has 6 atom stereocenters. The molecule has 0 aliphatic heterocycles. The van der Waals surface area contributed by atoms with Crippen LogP contribution in [0.3, 0.4) is 0 Å². The number of hydrogen-bond acceptors (Lipinski definition) is 15. The average molecular weight is 1510 g/mol.